The Labute approximate surface area is 131 Å². The van der Waals surface area contributed by atoms with Crippen LogP contribution in [0.15, 0.2) is 18.2 Å². The van der Waals surface area contributed by atoms with Gasteiger partial charge in [0.1, 0.15) is 5.56 Å². The van der Waals surface area contributed by atoms with Gasteiger partial charge >= 0.3 is 5.97 Å². The summed E-state index contributed by atoms with van der Waals surface area (Å²) in [4.78, 5) is 33.8. The van der Waals surface area contributed by atoms with Gasteiger partial charge in [-0.3, -0.25) is 14.9 Å². The second-order valence-corrected chi connectivity index (χ2v) is 7.80. The Balaban J connectivity index is 2.43. The fourth-order valence-corrected chi connectivity index (χ4v) is 4.65. The van der Waals surface area contributed by atoms with Crippen LogP contribution in [-0.4, -0.2) is 47.4 Å². The average Bonchev–Trinajstić information content (AvgIpc) is 2.71. The number of sulfone groups is 1. The lowest BCUT2D eigenvalue weighted by atomic mass is 9.99. The maximum atomic E-state index is 12.4. The monoisotopic (exact) mass is 342 g/mol. The van der Waals surface area contributed by atoms with Crippen molar-refractivity contribution in [1.82, 2.24) is 5.32 Å². The van der Waals surface area contributed by atoms with Gasteiger partial charge in [-0.2, -0.15) is 0 Å². The molecule has 124 valence electrons. The summed E-state index contributed by atoms with van der Waals surface area (Å²) in [6.07, 6.45) is 0.157. The van der Waals surface area contributed by atoms with Gasteiger partial charge in [0.05, 0.1) is 27.5 Å². The molecule has 1 amide bonds. The van der Waals surface area contributed by atoms with Crippen molar-refractivity contribution in [2.75, 3.05) is 11.5 Å². The second-order valence-electron chi connectivity index (χ2n) is 5.62. The van der Waals surface area contributed by atoms with Crippen LogP contribution in [0.3, 0.4) is 0 Å². The maximum Gasteiger partial charge on any atom is 0.336 e. The predicted octanol–water partition coefficient (Wildman–Crippen LogP) is 0.600. The molecule has 1 atom stereocenters. The molecule has 2 N–H and O–H groups in total. The smallest absolute Gasteiger partial charge is 0.336 e. The summed E-state index contributed by atoms with van der Waals surface area (Å²) in [6, 6.07) is 3.27. The van der Waals surface area contributed by atoms with Gasteiger partial charge in [0.15, 0.2) is 9.84 Å². The number of carboxylic acids is 1. The number of carbonyl (C=O) groups is 2. The van der Waals surface area contributed by atoms with E-state index < -0.39 is 49.0 Å². The molecule has 0 aliphatic carbocycles. The molecular formula is C13H14N2O7S. The van der Waals surface area contributed by atoms with Crippen LogP contribution in [-0.2, 0) is 9.84 Å². The van der Waals surface area contributed by atoms with E-state index >= 15 is 0 Å². The molecule has 0 radical (unpaired) electrons. The Hall–Kier alpha value is -2.49. The van der Waals surface area contributed by atoms with Crippen molar-refractivity contribution in [2.24, 2.45) is 0 Å². The van der Waals surface area contributed by atoms with E-state index in [2.05, 4.69) is 5.32 Å². The topological polar surface area (TPSA) is 144 Å². The van der Waals surface area contributed by atoms with Crippen LogP contribution in [0.1, 0.15) is 34.1 Å². The Morgan fingerprint density at radius 1 is 1.39 bits per heavy atom. The molecule has 23 heavy (non-hydrogen) atoms. The van der Waals surface area contributed by atoms with E-state index in [-0.39, 0.29) is 17.9 Å². The lowest BCUT2D eigenvalue weighted by molar-refractivity contribution is -0.385. The Bertz CT molecular complexity index is 770. The molecule has 0 saturated carbocycles. The number of nitro benzene ring substituents is 1. The van der Waals surface area contributed by atoms with Gasteiger partial charge in [-0.15, -0.1) is 0 Å². The van der Waals surface area contributed by atoms with Crippen molar-refractivity contribution < 1.29 is 28.0 Å². The normalized spacial score (nSPS) is 22.5. The van der Waals surface area contributed by atoms with Crippen LogP contribution in [0.25, 0.3) is 0 Å². The number of rotatable bonds is 4. The van der Waals surface area contributed by atoms with Crippen LogP contribution in [0.2, 0.25) is 0 Å². The molecule has 1 aliphatic rings. The summed E-state index contributed by atoms with van der Waals surface area (Å²) in [5.74, 6) is -2.86. The highest BCUT2D eigenvalue weighted by atomic mass is 32.2. The quantitative estimate of drug-likeness (QED) is 0.602. The van der Waals surface area contributed by atoms with E-state index in [1.165, 1.54) is 13.0 Å². The summed E-state index contributed by atoms with van der Waals surface area (Å²) >= 11 is 0. The first-order valence-electron chi connectivity index (χ1n) is 6.58. The van der Waals surface area contributed by atoms with Gasteiger partial charge in [-0.05, 0) is 19.4 Å². The van der Waals surface area contributed by atoms with Gasteiger partial charge < -0.3 is 10.4 Å². The first-order valence-corrected chi connectivity index (χ1v) is 8.40. The molecule has 0 aromatic heterocycles. The van der Waals surface area contributed by atoms with Crippen LogP contribution < -0.4 is 5.32 Å². The molecule has 1 saturated heterocycles. The molecule has 2 rings (SSSR count). The number of aromatic carboxylic acids is 1. The molecule has 1 fully saturated rings. The largest absolute Gasteiger partial charge is 0.478 e. The Kier molecular flexibility index (Phi) is 4.12. The van der Waals surface area contributed by atoms with Crippen LogP contribution in [0.5, 0.6) is 0 Å². The van der Waals surface area contributed by atoms with Crippen molar-refractivity contribution in [3.8, 4) is 0 Å². The zero-order valence-electron chi connectivity index (χ0n) is 12.1. The highest BCUT2D eigenvalue weighted by Crippen LogP contribution is 2.27. The molecule has 1 aromatic carbocycles. The highest BCUT2D eigenvalue weighted by Gasteiger charge is 2.41. The standard InChI is InChI=1S/C13H14N2O7S/c1-13(5-6-23(21,22)7-13)14-11(16)10-8(12(17)18)3-2-4-9(10)15(19)20/h2-4H,5-7H2,1H3,(H,14,16)(H,17,18). The fourth-order valence-electron chi connectivity index (χ4n) is 2.55. The maximum absolute atomic E-state index is 12.4. The summed E-state index contributed by atoms with van der Waals surface area (Å²) in [7, 11) is -3.30. The van der Waals surface area contributed by atoms with E-state index in [1.54, 1.807) is 0 Å². The lowest BCUT2D eigenvalue weighted by Gasteiger charge is -2.24. The van der Waals surface area contributed by atoms with Crippen molar-refractivity contribution >= 4 is 27.4 Å². The molecule has 0 bridgehead atoms. The first kappa shape index (κ1) is 16.9. The fraction of sp³-hybridized carbons (Fsp3) is 0.385. The molecular weight excluding hydrogens is 328 g/mol. The van der Waals surface area contributed by atoms with E-state index in [9.17, 15) is 28.1 Å². The third-order valence-corrected chi connectivity index (χ3v) is 5.52. The third-order valence-electron chi connectivity index (χ3n) is 3.62. The van der Waals surface area contributed by atoms with E-state index in [0.29, 0.717) is 0 Å². The minimum Gasteiger partial charge on any atom is -0.478 e. The Morgan fingerprint density at radius 2 is 2.04 bits per heavy atom. The van der Waals surface area contributed by atoms with E-state index in [4.69, 9.17) is 5.11 Å². The van der Waals surface area contributed by atoms with Crippen molar-refractivity contribution in [1.29, 1.82) is 0 Å². The zero-order chi connectivity index (χ0) is 17.4. The zero-order valence-corrected chi connectivity index (χ0v) is 12.9. The lowest BCUT2D eigenvalue weighted by Crippen LogP contribution is -2.47. The summed E-state index contributed by atoms with van der Waals surface area (Å²) < 4.78 is 23.1. The van der Waals surface area contributed by atoms with Crippen LogP contribution in [0.4, 0.5) is 5.69 Å². The van der Waals surface area contributed by atoms with Gasteiger partial charge in [-0.1, -0.05) is 6.07 Å². The summed E-state index contributed by atoms with van der Waals surface area (Å²) in [6.45, 7) is 1.50. The number of nitro groups is 1. The number of nitrogens with one attached hydrogen (secondary N) is 1. The van der Waals surface area contributed by atoms with Crippen molar-refractivity contribution in [2.45, 2.75) is 18.9 Å². The van der Waals surface area contributed by atoms with Gasteiger partial charge in [0.25, 0.3) is 11.6 Å². The molecule has 1 aliphatic heterocycles. The minimum absolute atomic E-state index is 0.105. The molecule has 0 spiro atoms. The molecule has 1 heterocycles. The highest BCUT2D eigenvalue weighted by molar-refractivity contribution is 7.91. The number of benzene rings is 1. The number of hydrogen-bond acceptors (Lipinski definition) is 6. The van der Waals surface area contributed by atoms with Crippen LogP contribution >= 0.6 is 0 Å². The molecule has 1 aromatic rings. The molecule has 1 unspecified atom stereocenters. The Morgan fingerprint density at radius 3 is 2.52 bits per heavy atom. The number of carbonyl (C=O) groups excluding carboxylic acids is 1. The number of carboxylic acid groups (broad SMARTS) is 1. The summed E-state index contributed by atoms with van der Waals surface area (Å²) in [5, 5.41) is 22.6. The molecule has 9 nitrogen and oxygen atoms in total. The van der Waals surface area contributed by atoms with Crippen molar-refractivity contribution in [3.05, 3.63) is 39.4 Å². The predicted molar refractivity (Wildman–Crippen MR) is 79.2 cm³/mol. The third kappa shape index (κ3) is 3.47. The SMILES string of the molecule is CC1(NC(=O)c2c(C(=O)O)cccc2[N+](=O)[O-])CCS(=O)(=O)C1. The number of amides is 1. The number of hydrogen-bond donors (Lipinski definition) is 2. The van der Waals surface area contributed by atoms with Crippen molar-refractivity contribution in [3.63, 3.8) is 0 Å². The van der Waals surface area contributed by atoms with Crippen LogP contribution in [0, 0.1) is 10.1 Å². The second kappa shape index (κ2) is 5.61. The molecule has 10 heteroatoms. The average molecular weight is 342 g/mol. The first-order chi connectivity index (χ1) is 10.5. The minimum atomic E-state index is -3.30. The van der Waals surface area contributed by atoms with E-state index in [1.807, 2.05) is 0 Å². The van der Waals surface area contributed by atoms with E-state index in [0.717, 1.165) is 12.1 Å². The van der Waals surface area contributed by atoms with Gasteiger partial charge in [0.2, 0.25) is 0 Å². The van der Waals surface area contributed by atoms with Gasteiger partial charge in [0, 0.05) is 6.07 Å². The number of nitrogens with zero attached hydrogens (tertiary/aromatic N) is 1. The summed E-state index contributed by atoms with van der Waals surface area (Å²) in [5.41, 5.74) is -2.83. The van der Waals surface area contributed by atoms with Gasteiger partial charge in [-0.25, -0.2) is 13.2 Å².